The van der Waals surface area contributed by atoms with Gasteiger partial charge in [0.1, 0.15) is 5.75 Å². The highest BCUT2D eigenvalue weighted by Gasteiger charge is 2.16. The number of methoxy groups -OCH3 is 1. The van der Waals surface area contributed by atoms with Crippen LogP contribution < -0.4 is 4.74 Å². The molecule has 0 aliphatic carbocycles. The van der Waals surface area contributed by atoms with Crippen molar-refractivity contribution in [1.29, 1.82) is 0 Å². The van der Waals surface area contributed by atoms with Crippen molar-refractivity contribution in [3.8, 4) is 22.6 Å². The van der Waals surface area contributed by atoms with Crippen LogP contribution in [0.3, 0.4) is 0 Å². The molecule has 0 spiro atoms. The Morgan fingerprint density at radius 3 is 2.22 bits per heavy atom. The molecule has 3 heteroatoms. The third-order valence-corrected chi connectivity index (χ3v) is 5.15. The van der Waals surface area contributed by atoms with Crippen LogP contribution in [0.4, 0.5) is 0 Å². The van der Waals surface area contributed by atoms with Crippen molar-refractivity contribution in [2.45, 2.75) is 18.7 Å². The summed E-state index contributed by atoms with van der Waals surface area (Å²) in [6.45, 7) is 4.38. The lowest BCUT2D eigenvalue weighted by Gasteiger charge is -2.19. The minimum Gasteiger partial charge on any atom is -0.497 e. The summed E-state index contributed by atoms with van der Waals surface area (Å²) < 4.78 is 7.48. The number of hydrogen-bond acceptors (Lipinski definition) is 2. The molecule has 1 aromatic heterocycles. The molecule has 0 saturated heterocycles. The number of hydrogen-bond donors (Lipinski definition) is 0. The number of nitrogens with zero attached hydrogens (tertiary/aromatic N) is 1. The van der Waals surface area contributed by atoms with Crippen molar-refractivity contribution in [2.24, 2.45) is 0 Å². The third-order valence-electron chi connectivity index (χ3n) is 4.23. The molecule has 0 bridgehead atoms. The average molecular weight is 323 g/mol. The molecule has 0 fully saturated rings. The van der Waals surface area contributed by atoms with Crippen molar-refractivity contribution in [3.63, 3.8) is 0 Å². The molecular formula is C20H21NOS. The topological polar surface area (TPSA) is 14.2 Å². The smallest absolute Gasteiger partial charge is 0.118 e. The molecule has 0 aliphatic heterocycles. The summed E-state index contributed by atoms with van der Waals surface area (Å²) >= 11 is 1.81. The molecule has 0 aliphatic rings. The van der Waals surface area contributed by atoms with Crippen molar-refractivity contribution < 1.29 is 4.74 Å². The van der Waals surface area contributed by atoms with Crippen molar-refractivity contribution >= 4 is 11.8 Å². The van der Waals surface area contributed by atoms with E-state index in [4.69, 9.17) is 4.74 Å². The second kappa shape index (κ2) is 6.55. The van der Waals surface area contributed by atoms with Crippen LogP contribution in [0.25, 0.3) is 16.8 Å². The minimum absolute atomic E-state index is 0.880. The van der Waals surface area contributed by atoms with E-state index >= 15 is 0 Å². The van der Waals surface area contributed by atoms with Crippen LogP contribution in [0.2, 0.25) is 0 Å². The summed E-state index contributed by atoms with van der Waals surface area (Å²) in [6.07, 6.45) is 6.34. The van der Waals surface area contributed by atoms with E-state index in [9.17, 15) is 0 Å². The zero-order valence-corrected chi connectivity index (χ0v) is 14.8. The lowest BCUT2D eigenvalue weighted by molar-refractivity contribution is 0.415. The van der Waals surface area contributed by atoms with Crippen LogP contribution in [-0.2, 0) is 0 Å². The largest absolute Gasteiger partial charge is 0.497 e. The Morgan fingerprint density at radius 2 is 1.65 bits per heavy atom. The summed E-state index contributed by atoms with van der Waals surface area (Å²) in [6, 6.07) is 14.7. The van der Waals surface area contributed by atoms with Gasteiger partial charge in [-0.05, 0) is 67.1 Å². The van der Waals surface area contributed by atoms with Gasteiger partial charge in [0, 0.05) is 22.9 Å². The summed E-state index contributed by atoms with van der Waals surface area (Å²) in [5, 5.41) is 0. The van der Waals surface area contributed by atoms with E-state index in [0.717, 1.165) is 5.75 Å². The van der Waals surface area contributed by atoms with Gasteiger partial charge < -0.3 is 9.30 Å². The molecule has 23 heavy (non-hydrogen) atoms. The summed E-state index contributed by atoms with van der Waals surface area (Å²) in [4.78, 5) is 1.33. The average Bonchev–Trinajstić information content (AvgIpc) is 3.11. The standard InChI is InChI=1S/C20H21NOS/c1-14-13-18(21-11-5-6-12-21)19(20(23-4)15(14)2)16-7-9-17(22-3)10-8-16/h5-13H,1-4H3. The van der Waals surface area contributed by atoms with Gasteiger partial charge in [0.25, 0.3) is 0 Å². The van der Waals surface area contributed by atoms with E-state index < -0.39 is 0 Å². The molecule has 2 aromatic carbocycles. The number of aryl methyl sites for hydroxylation is 1. The van der Waals surface area contributed by atoms with Crippen LogP contribution in [0.15, 0.2) is 59.8 Å². The fourth-order valence-corrected chi connectivity index (χ4v) is 3.75. The van der Waals surface area contributed by atoms with Gasteiger partial charge in [-0.2, -0.15) is 0 Å². The number of rotatable bonds is 4. The van der Waals surface area contributed by atoms with Crippen LogP contribution in [0.1, 0.15) is 11.1 Å². The first kappa shape index (κ1) is 15.8. The molecule has 1 heterocycles. The van der Waals surface area contributed by atoms with Gasteiger partial charge in [-0.15, -0.1) is 11.8 Å². The summed E-state index contributed by atoms with van der Waals surface area (Å²) in [5.41, 5.74) is 6.36. The fourth-order valence-electron chi connectivity index (χ4n) is 2.86. The number of thioether (sulfide) groups is 1. The molecule has 118 valence electrons. The van der Waals surface area contributed by atoms with Gasteiger partial charge in [0.2, 0.25) is 0 Å². The SMILES string of the molecule is COc1ccc(-c2c(-n3cccc3)cc(C)c(C)c2SC)cc1. The second-order valence-corrected chi connectivity index (χ2v) is 6.38. The Morgan fingerprint density at radius 1 is 1.00 bits per heavy atom. The predicted octanol–water partition coefficient (Wildman–Crippen LogP) is 5.49. The molecule has 0 unspecified atom stereocenters. The zero-order valence-electron chi connectivity index (χ0n) is 14.0. The first-order valence-corrected chi connectivity index (χ1v) is 8.84. The predicted molar refractivity (Wildman–Crippen MR) is 99.0 cm³/mol. The highest BCUT2D eigenvalue weighted by Crippen LogP contribution is 2.39. The maximum atomic E-state index is 5.30. The lowest BCUT2D eigenvalue weighted by Crippen LogP contribution is -2.00. The molecule has 2 nitrogen and oxygen atoms in total. The molecule has 0 saturated carbocycles. The highest BCUT2D eigenvalue weighted by molar-refractivity contribution is 7.98. The molecule has 0 atom stereocenters. The van der Waals surface area contributed by atoms with Crippen LogP contribution in [0, 0.1) is 13.8 Å². The molecule has 0 amide bonds. The summed E-state index contributed by atoms with van der Waals surface area (Å²) in [7, 11) is 1.70. The van der Waals surface area contributed by atoms with Gasteiger partial charge in [-0.1, -0.05) is 12.1 Å². The fraction of sp³-hybridized carbons (Fsp3) is 0.200. The van der Waals surface area contributed by atoms with E-state index in [1.165, 1.54) is 32.8 Å². The zero-order chi connectivity index (χ0) is 16.4. The molecule has 0 radical (unpaired) electrons. The van der Waals surface area contributed by atoms with Gasteiger partial charge in [0.05, 0.1) is 12.8 Å². The monoisotopic (exact) mass is 323 g/mol. The maximum Gasteiger partial charge on any atom is 0.118 e. The van der Waals surface area contributed by atoms with E-state index in [-0.39, 0.29) is 0 Å². The molecular weight excluding hydrogens is 302 g/mol. The Kier molecular flexibility index (Phi) is 4.49. The van der Waals surface area contributed by atoms with Gasteiger partial charge in [0.15, 0.2) is 0 Å². The Balaban J connectivity index is 2.29. The van der Waals surface area contributed by atoms with Crippen molar-refractivity contribution in [2.75, 3.05) is 13.4 Å². The molecule has 3 rings (SSSR count). The van der Waals surface area contributed by atoms with Crippen molar-refractivity contribution in [3.05, 3.63) is 66.0 Å². The highest BCUT2D eigenvalue weighted by atomic mass is 32.2. The summed E-state index contributed by atoms with van der Waals surface area (Å²) in [5.74, 6) is 0.880. The third kappa shape index (κ3) is 2.89. The number of ether oxygens (including phenoxy) is 1. The Hall–Kier alpha value is -2.13. The quantitative estimate of drug-likeness (QED) is 0.589. The van der Waals surface area contributed by atoms with Crippen LogP contribution in [-0.4, -0.2) is 17.9 Å². The molecule has 0 N–H and O–H groups in total. The second-order valence-electron chi connectivity index (χ2n) is 5.56. The Bertz CT molecular complexity index is 805. The van der Waals surface area contributed by atoms with E-state index in [1.54, 1.807) is 7.11 Å². The van der Waals surface area contributed by atoms with E-state index in [0.29, 0.717) is 0 Å². The molecule has 3 aromatic rings. The van der Waals surface area contributed by atoms with Crippen LogP contribution in [0.5, 0.6) is 5.75 Å². The first-order valence-electron chi connectivity index (χ1n) is 7.61. The van der Waals surface area contributed by atoms with Crippen LogP contribution >= 0.6 is 11.8 Å². The van der Waals surface area contributed by atoms with Gasteiger partial charge in [-0.25, -0.2) is 0 Å². The van der Waals surface area contributed by atoms with Gasteiger partial charge >= 0.3 is 0 Å². The normalized spacial score (nSPS) is 10.8. The minimum atomic E-state index is 0.880. The Labute approximate surface area is 142 Å². The lowest BCUT2D eigenvalue weighted by atomic mass is 9.97. The number of benzene rings is 2. The maximum absolute atomic E-state index is 5.30. The first-order chi connectivity index (χ1) is 11.2. The van der Waals surface area contributed by atoms with Crippen molar-refractivity contribution in [1.82, 2.24) is 4.57 Å². The van der Waals surface area contributed by atoms with E-state index in [2.05, 4.69) is 67.4 Å². The van der Waals surface area contributed by atoms with Gasteiger partial charge in [-0.3, -0.25) is 0 Å². The van der Waals surface area contributed by atoms with E-state index in [1.807, 2.05) is 23.9 Å². The number of aromatic nitrogens is 1.